The second-order valence-electron chi connectivity index (χ2n) is 17.7. The fraction of sp³-hybridized carbons (Fsp3) is 0.186. The summed E-state index contributed by atoms with van der Waals surface area (Å²) in [6.45, 7) is 10.9. The normalized spacial score (nSPS) is 12.5. The van der Waals surface area contributed by atoms with Gasteiger partial charge in [-0.05, 0) is 93.7 Å². The number of pyridine rings is 1. The van der Waals surface area contributed by atoms with Crippen molar-refractivity contribution in [1.29, 1.82) is 0 Å². The smallest absolute Gasteiger partial charge is 0.393 e. The molecule has 0 N–H and O–H groups in total. The molecular formula is C59H50F3IrN3O-2. The molecule has 0 fully saturated rings. The van der Waals surface area contributed by atoms with Crippen molar-refractivity contribution in [3.05, 3.63) is 199 Å². The molecule has 0 aliphatic carbocycles. The Labute approximate surface area is 406 Å². The molecule has 10 aromatic rings. The molecule has 4 nitrogen and oxygen atoms in total. The summed E-state index contributed by atoms with van der Waals surface area (Å²) in [7, 11) is 0. The van der Waals surface area contributed by atoms with Gasteiger partial charge < -0.3 is 14.0 Å². The Hall–Kier alpha value is -6.60. The van der Waals surface area contributed by atoms with Crippen LogP contribution in [0.5, 0.6) is 0 Å². The maximum atomic E-state index is 13.1. The van der Waals surface area contributed by atoms with Crippen LogP contribution in [0.2, 0.25) is 0 Å². The Kier molecular flexibility index (Phi) is 12.8. The topological polar surface area (TPSA) is 43.9 Å². The van der Waals surface area contributed by atoms with E-state index in [1.54, 1.807) is 24.4 Å². The van der Waals surface area contributed by atoms with E-state index in [1.807, 2.05) is 18.2 Å². The summed E-state index contributed by atoms with van der Waals surface area (Å²) in [5.74, 6) is 1.39. The fourth-order valence-corrected chi connectivity index (χ4v) is 8.36. The molecule has 0 aliphatic heterocycles. The zero-order valence-electron chi connectivity index (χ0n) is 40.0. The number of para-hydroxylation sites is 3. The summed E-state index contributed by atoms with van der Waals surface area (Å²) in [4.78, 5) is 9.40. The van der Waals surface area contributed by atoms with Gasteiger partial charge in [0.15, 0.2) is 0 Å². The van der Waals surface area contributed by atoms with E-state index in [9.17, 15) is 13.2 Å². The number of fused-ring (bicyclic) bond motifs is 4. The van der Waals surface area contributed by atoms with Gasteiger partial charge in [0.1, 0.15) is 5.58 Å². The van der Waals surface area contributed by atoms with Crippen LogP contribution in [0.1, 0.15) is 72.8 Å². The second kappa shape index (κ2) is 19.3. The van der Waals surface area contributed by atoms with Crippen LogP contribution in [0.25, 0.3) is 83.6 Å². The first kappa shape index (κ1) is 44.2. The van der Waals surface area contributed by atoms with Gasteiger partial charge in [-0.3, -0.25) is 4.98 Å². The summed E-state index contributed by atoms with van der Waals surface area (Å²) in [6.07, 6.45) is -5.62. The number of halogens is 3. The fourth-order valence-electron chi connectivity index (χ4n) is 8.36. The zero-order chi connectivity index (χ0) is 48.0. The molecule has 8 heteroatoms. The maximum Gasteiger partial charge on any atom is 0.393 e. The maximum absolute atomic E-state index is 13.1. The van der Waals surface area contributed by atoms with Crippen molar-refractivity contribution in [3.8, 4) is 50.6 Å². The van der Waals surface area contributed by atoms with Gasteiger partial charge in [-0.1, -0.05) is 150 Å². The Bertz CT molecular complexity index is 3350. The molecule has 0 saturated heterocycles. The molecule has 0 amide bonds. The molecule has 67 heavy (non-hydrogen) atoms. The largest absolute Gasteiger partial charge is 0.501 e. The van der Waals surface area contributed by atoms with Crippen molar-refractivity contribution in [2.75, 3.05) is 0 Å². The van der Waals surface area contributed by atoms with Gasteiger partial charge in [0, 0.05) is 40.1 Å². The second-order valence-corrected chi connectivity index (χ2v) is 17.7. The average Bonchev–Trinajstić information content (AvgIpc) is 3.93. The molecular weight excluding hydrogens is 1020 g/mol. The van der Waals surface area contributed by atoms with E-state index in [2.05, 4.69) is 159 Å². The number of rotatable bonds is 9. The Balaban J connectivity index is 0.000000236. The van der Waals surface area contributed by atoms with Crippen molar-refractivity contribution in [2.45, 2.75) is 65.9 Å². The van der Waals surface area contributed by atoms with Gasteiger partial charge in [-0.15, -0.1) is 53.6 Å². The predicted molar refractivity (Wildman–Crippen MR) is 264 cm³/mol. The molecule has 3 aromatic heterocycles. The standard InChI is InChI=1S/C43H35N2O.C16H15F3N.Ir/c1-27(2)36-25-32(31-23-21-30(22-24-31)29-13-6-5-7-14-29)26-37(28(3)4)41(36)45-39-19-10-9-18-38(39)44-43(45)35-17-12-16-34-33-15-8-11-20-40(33)46-42(34)35;1-15(2,16(17,18)19)11-12-6-8-13(9-7-12)14-5-3-4-10-20-14;/h5-16,18-28H,1-4H3;3-8,10H,11H2,1-2H3;/q2*-1;/i;11D2;. The third-order valence-corrected chi connectivity index (χ3v) is 12.0. The summed E-state index contributed by atoms with van der Waals surface area (Å²) in [5, 5.41) is 2.18. The van der Waals surface area contributed by atoms with E-state index >= 15 is 0 Å². The molecule has 1 radical (unpaired) electrons. The van der Waals surface area contributed by atoms with Crippen molar-refractivity contribution in [3.63, 3.8) is 0 Å². The van der Waals surface area contributed by atoms with E-state index in [4.69, 9.17) is 12.1 Å². The SMILES string of the molecule is CC(C)c1cc(-c2ccc(-c3ccccc3)cc2)cc(C(C)C)c1-n1c(-c2[c-]ccc3c2oc2ccccc23)nc2ccccc21.[2H]C([2H])(c1c[c-]c(-c2ccccn2)cc1)C(C)(C)C(F)(F)F.[Ir]. The van der Waals surface area contributed by atoms with Crippen LogP contribution in [-0.2, 0) is 26.5 Å². The molecule has 0 saturated carbocycles. The number of imidazole rings is 1. The first-order chi connectivity index (χ1) is 32.5. The van der Waals surface area contributed by atoms with Gasteiger partial charge in [0.2, 0.25) is 0 Å². The molecule has 0 unspecified atom stereocenters. The number of hydrogen-bond donors (Lipinski definition) is 0. The number of nitrogens with zero attached hydrogens (tertiary/aromatic N) is 3. The molecule has 0 aliphatic rings. The van der Waals surface area contributed by atoms with Crippen LogP contribution in [0.3, 0.4) is 0 Å². The number of benzene rings is 7. The number of furan rings is 1. The molecule has 0 atom stereocenters. The predicted octanol–water partition coefficient (Wildman–Crippen LogP) is 16.7. The molecule has 0 bridgehead atoms. The number of alkyl halides is 3. The summed E-state index contributed by atoms with van der Waals surface area (Å²) < 4.78 is 64.0. The van der Waals surface area contributed by atoms with Crippen molar-refractivity contribution in [2.24, 2.45) is 5.41 Å². The third-order valence-electron chi connectivity index (χ3n) is 12.0. The third kappa shape index (κ3) is 9.52. The van der Waals surface area contributed by atoms with Gasteiger partial charge in [-0.25, -0.2) is 0 Å². The van der Waals surface area contributed by atoms with Gasteiger partial charge in [0.25, 0.3) is 0 Å². The van der Waals surface area contributed by atoms with Crippen LogP contribution in [0.15, 0.2) is 174 Å². The average molecular weight is 1070 g/mol. The minimum absolute atomic E-state index is 0. The minimum atomic E-state index is -4.66. The number of hydrogen-bond acceptors (Lipinski definition) is 3. The van der Waals surface area contributed by atoms with E-state index in [0.29, 0.717) is 11.3 Å². The van der Waals surface area contributed by atoms with Crippen molar-refractivity contribution in [1.82, 2.24) is 14.5 Å². The first-order valence-electron chi connectivity index (χ1n) is 23.2. The molecule has 3 heterocycles. The monoisotopic (exact) mass is 1070 g/mol. The summed E-state index contributed by atoms with van der Waals surface area (Å²) in [6, 6.07) is 60.8. The van der Waals surface area contributed by atoms with Crippen LogP contribution < -0.4 is 0 Å². The van der Waals surface area contributed by atoms with E-state index in [1.165, 1.54) is 57.3 Å². The Morgan fingerprint density at radius 2 is 1.30 bits per heavy atom. The van der Waals surface area contributed by atoms with Gasteiger partial charge in [0.05, 0.1) is 27.9 Å². The van der Waals surface area contributed by atoms with Gasteiger partial charge >= 0.3 is 6.18 Å². The molecule has 7 aromatic carbocycles. The zero-order valence-corrected chi connectivity index (χ0v) is 40.4. The summed E-state index contributed by atoms with van der Waals surface area (Å²) in [5.41, 5.74) is 11.9. The van der Waals surface area contributed by atoms with E-state index in [-0.39, 0.29) is 37.5 Å². The molecule has 10 rings (SSSR count). The summed E-state index contributed by atoms with van der Waals surface area (Å²) >= 11 is 0. The van der Waals surface area contributed by atoms with Crippen molar-refractivity contribution < 1.29 is 40.4 Å². The molecule has 339 valence electrons. The first-order valence-corrected chi connectivity index (χ1v) is 22.2. The minimum Gasteiger partial charge on any atom is -0.501 e. The van der Waals surface area contributed by atoms with Crippen LogP contribution in [-0.4, -0.2) is 20.7 Å². The number of aromatic nitrogens is 3. The Morgan fingerprint density at radius 1 is 0.672 bits per heavy atom. The van der Waals surface area contributed by atoms with Crippen LogP contribution in [0.4, 0.5) is 13.2 Å². The van der Waals surface area contributed by atoms with Crippen LogP contribution >= 0.6 is 0 Å². The van der Waals surface area contributed by atoms with E-state index in [0.717, 1.165) is 58.2 Å². The van der Waals surface area contributed by atoms with E-state index < -0.39 is 18.0 Å². The quantitative estimate of drug-likeness (QED) is 0.135. The molecule has 0 spiro atoms. The van der Waals surface area contributed by atoms with Gasteiger partial charge in [-0.2, -0.15) is 13.2 Å². The van der Waals surface area contributed by atoms with Crippen molar-refractivity contribution >= 4 is 33.0 Å². The van der Waals surface area contributed by atoms with Crippen LogP contribution in [0, 0.1) is 17.5 Å². The Morgan fingerprint density at radius 3 is 1.94 bits per heavy atom.